The molecule has 4 heterocycles. The smallest absolute Gasteiger partial charge is 0.165 e. The fraction of sp³-hybridized carbons (Fsp3) is 0.318. The maximum atomic E-state index is 6.28. The number of ether oxygens (including phenoxy) is 3. The number of benzene rings is 1. The van der Waals surface area contributed by atoms with E-state index in [9.17, 15) is 0 Å². The largest absolute Gasteiger partial charge is 0.486 e. The van der Waals surface area contributed by atoms with Crippen molar-refractivity contribution in [3.05, 3.63) is 58.3 Å². The summed E-state index contributed by atoms with van der Waals surface area (Å²) < 4.78 is 17.3. The minimum Gasteiger partial charge on any atom is -0.486 e. The zero-order chi connectivity index (χ0) is 20.7. The molecular formula is C22H21ClN4O3. The highest BCUT2D eigenvalue weighted by Gasteiger charge is 2.22. The number of aromatic nitrogens is 3. The molecule has 0 spiro atoms. The van der Waals surface area contributed by atoms with Crippen LogP contribution in [-0.4, -0.2) is 34.7 Å². The number of rotatable bonds is 3. The van der Waals surface area contributed by atoms with Gasteiger partial charge in [-0.15, -0.1) is 0 Å². The van der Waals surface area contributed by atoms with Crippen molar-refractivity contribution in [3.63, 3.8) is 0 Å². The number of halogens is 1. The fourth-order valence-corrected chi connectivity index (χ4v) is 3.96. The molecule has 1 aromatic carbocycles. The first-order chi connectivity index (χ1) is 14.6. The van der Waals surface area contributed by atoms with Gasteiger partial charge >= 0.3 is 0 Å². The average molecular weight is 425 g/mol. The Hall–Kier alpha value is -3.06. The minimum absolute atomic E-state index is 0.497. The third-order valence-electron chi connectivity index (χ3n) is 5.24. The summed E-state index contributed by atoms with van der Waals surface area (Å²) in [6, 6.07) is 7.61. The Balaban J connectivity index is 1.39. The quantitative estimate of drug-likeness (QED) is 0.581. The summed E-state index contributed by atoms with van der Waals surface area (Å²) in [7, 11) is 0. The number of hydrogen-bond acceptors (Lipinski definition) is 7. The van der Waals surface area contributed by atoms with Gasteiger partial charge in [-0.2, -0.15) is 0 Å². The maximum absolute atomic E-state index is 6.28. The van der Waals surface area contributed by atoms with Crippen LogP contribution in [0.2, 0.25) is 5.15 Å². The van der Waals surface area contributed by atoms with Crippen LogP contribution >= 0.6 is 11.6 Å². The van der Waals surface area contributed by atoms with Crippen LogP contribution in [0.4, 0.5) is 5.82 Å². The molecule has 154 valence electrons. The summed E-state index contributed by atoms with van der Waals surface area (Å²) >= 11 is 6.28. The topological polar surface area (TPSA) is 69.6 Å². The van der Waals surface area contributed by atoms with E-state index in [-0.39, 0.29) is 0 Å². The molecule has 0 bridgehead atoms. The summed E-state index contributed by atoms with van der Waals surface area (Å²) in [5, 5.41) is 0.497. The summed E-state index contributed by atoms with van der Waals surface area (Å²) in [6.07, 6.45) is 2.60. The molecule has 0 saturated heterocycles. The third-order valence-corrected chi connectivity index (χ3v) is 5.60. The van der Waals surface area contributed by atoms with Gasteiger partial charge in [-0.1, -0.05) is 11.6 Å². The molecule has 2 aromatic heterocycles. The standard InChI is InChI=1S/C22H21ClN4O3/c1-13-21(23)25-14(2)26-22(13)27-6-5-18-15(12-27)9-17(11-24-18)30-16-3-4-19-20(10-16)29-8-7-28-19/h3-4,9-11H,5-8,12H2,1-2H3. The van der Waals surface area contributed by atoms with E-state index < -0.39 is 0 Å². The predicted molar refractivity (Wildman–Crippen MR) is 113 cm³/mol. The second kappa shape index (κ2) is 7.65. The van der Waals surface area contributed by atoms with Gasteiger partial charge in [0.25, 0.3) is 0 Å². The molecule has 0 saturated carbocycles. The summed E-state index contributed by atoms with van der Waals surface area (Å²) in [5.41, 5.74) is 3.08. The van der Waals surface area contributed by atoms with Crippen LogP contribution in [0, 0.1) is 13.8 Å². The highest BCUT2D eigenvalue weighted by molar-refractivity contribution is 6.30. The number of nitrogens with zero attached hydrogens (tertiary/aromatic N) is 4. The van der Waals surface area contributed by atoms with E-state index in [4.69, 9.17) is 25.8 Å². The van der Waals surface area contributed by atoms with E-state index in [2.05, 4.69) is 19.9 Å². The zero-order valence-corrected chi connectivity index (χ0v) is 17.6. The second-order valence-electron chi connectivity index (χ2n) is 7.37. The monoisotopic (exact) mass is 424 g/mol. The molecule has 0 unspecified atom stereocenters. The number of fused-ring (bicyclic) bond motifs is 2. The second-order valence-corrected chi connectivity index (χ2v) is 7.72. The van der Waals surface area contributed by atoms with Crippen molar-refractivity contribution in [1.29, 1.82) is 0 Å². The lowest BCUT2D eigenvalue weighted by molar-refractivity contribution is 0.171. The summed E-state index contributed by atoms with van der Waals surface area (Å²) in [6.45, 7) is 6.43. The molecule has 7 nitrogen and oxygen atoms in total. The van der Waals surface area contributed by atoms with E-state index in [0.717, 1.165) is 41.4 Å². The molecule has 5 rings (SSSR count). The van der Waals surface area contributed by atoms with E-state index in [1.54, 1.807) is 6.20 Å². The molecule has 0 radical (unpaired) electrons. The number of pyridine rings is 1. The van der Waals surface area contributed by atoms with Gasteiger partial charge in [-0.3, -0.25) is 4.98 Å². The Morgan fingerprint density at radius 2 is 1.87 bits per heavy atom. The third kappa shape index (κ3) is 3.61. The Kier molecular flexibility index (Phi) is 4.83. The lowest BCUT2D eigenvalue weighted by Crippen LogP contribution is -2.32. The van der Waals surface area contributed by atoms with Crippen LogP contribution in [0.5, 0.6) is 23.0 Å². The summed E-state index contributed by atoms with van der Waals surface area (Å²) in [4.78, 5) is 15.7. The van der Waals surface area contributed by atoms with Crippen LogP contribution < -0.4 is 19.1 Å². The Morgan fingerprint density at radius 1 is 1.03 bits per heavy atom. The van der Waals surface area contributed by atoms with Gasteiger partial charge in [-0.05, 0) is 37.6 Å². The SMILES string of the molecule is Cc1nc(Cl)c(C)c(N2CCc3ncc(Oc4ccc5c(c4)OCCO5)cc3C2)n1. The predicted octanol–water partition coefficient (Wildman–Crippen LogP) is 4.27. The van der Waals surface area contributed by atoms with Gasteiger partial charge in [0, 0.05) is 36.8 Å². The molecule has 0 fully saturated rings. The highest BCUT2D eigenvalue weighted by atomic mass is 35.5. The van der Waals surface area contributed by atoms with Crippen LogP contribution in [0.15, 0.2) is 30.5 Å². The van der Waals surface area contributed by atoms with Crippen molar-refractivity contribution in [2.45, 2.75) is 26.8 Å². The summed E-state index contributed by atoms with van der Waals surface area (Å²) in [5.74, 6) is 4.34. The molecule has 30 heavy (non-hydrogen) atoms. The first kappa shape index (κ1) is 18.9. The number of anilines is 1. The van der Waals surface area contributed by atoms with Gasteiger partial charge < -0.3 is 19.1 Å². The fourth-order valence-electron chi connectivity index (χ4n) is 3.75. The van der Waals surface area contributed by atoms with Gasteiger partial charge in [0.2, 0.25) is 0 Å². The van der Waals surface area contributed by atoms with Crippen molar-refractivity contribution >= 4 is 17.4 Å². The van der Waals surface area contributed by atoms with Gasteiger partial charge in [0.05, 0.1) is 6.20 Å². The molecule has 0 N–H and O–H groups in total. The van der Waals surface area contributed by atoms with Crippen LogP contribution in [0.3, 0.4) is 0 Å². The highest BCUT2D eigenvalue weighted by Crippen LogP contribution is 2.36. The van der Waals surface area contributed by atoms with Crippen molar-refractivity contribution in [3.8, 4) is 23.0 Å². The lowest BCUT2D eigenvalue weighted by Gasteiger charge is -2.30. The van der Waals surface area contributed by atoms with E-state index in [1.807, 2.05) is 38.1 Å². The van der Waals surface area contributed by atoms with Crippen molar-refractivity contribution < 1.29 is 14.2 Å². The van der Waals surface area contributed by atoms with E-state index in [1.165, 1.54) is 0 Å². The van der Waals surface area contributed by atoms with Crippen LogP contribution in [0.25, 0.3) is 0 Å². The van der Waals surface area contributed by atoms with Crippen molar-refractivity contribution in [2.75, 3.05) is 24.7 Å². The van der Waals surface area contributed by atoms with Crippen molar-refractivity contribution in [1.82, 2.24) is 15.0 Å². The van der Waals surface area contributed by atoms with Crippen LogP contribution in [0.1, 0.15) is 22.6 Å². The molecule has 0 aliphatic carbocycles. The molecule has 8 heteroatoms. The first-order valence-electron chi connectivity index (χ1n) is 9.88. The minimum atomic E-state index is 0.497. The number of aryl methyl sites for hydroxylation is 1. The van der Waals surface area contributed by atoms with Gasteiger partial charge in [0.15, 0.2) is 11.5 Å². The van der Waals surface area contributed by atoms with E-state index >= 15 is 0 Å². The molecule has 2 aliphatic rings. The number of hydrogen-bond donors (Lipinski definition) is 0. The molecule has 3 aromatic rings. The Bertz CT molecular complexity index is 1120. The normalized spacial score (nSPS) is 15.0. The molecular weight excluding hydrogens is 404 g/mol. The zero-order valence-electron chi connectivity index (χ0n) is 16.8. The first-order valence-corrected chi connectivity index (χ1v) is 10.3. The van der Waals surface area contributed by atoms with Crippen LogP contribution in [-0.2, 0) is 13.0 Å². The molecule has 0 atom stereocenters. The van der Waals surface area contributed by atoms with Gasteiger partial charge in [-0.25, -0.2) is 9.97 Å². The Morgan fingerprint density at radius 3 is 2.73 bits per heavy atom. The van der Waals surface area contributed by atoms with Crippen molar-refractivity contribution in [2.24, 2.45) is 0 Å². The van der Waals surface area contributed by atoms with Gasteiger partial charge in [0.1, 0.15) is 41.5 Å². The maximum Gasteiger partial charge on any atom is 0.165 e. The molecule has 2 aliphatic heterocycles. The van der Waals surface area contributed by atoms with E-state index in [0.29, 0.717) is 48.0 Å². The molecule has 0 amide bonds. The average Bonchev–Trinajstić information content (AvgIpc) is 2.75. The Labute approximate surface area is 179 Å². The lowest BCUT2D eigenvalue weighted by atomic mass is 10.1.